The number of aryl methyl sites for hydroxylation is 1. The molecule has 2 N–H and O–H groups in total. The molecule has 20 heavy (non-hydrogen) atoms. The van der Waals surface area contributed by atoms with Crippen molar-refractivity contribution in [2.45, 2.75) is 58.6 Å². The maximum Gasteiger partial charge on any atom is 0.412 e. The highest BCUT2D eigenvalue weighted by molar-refractivity contribution is 5.86. The standard InChI is InChI=1S/C16H24N2O2/c1-11-10-13(17-12-6-5-7-12)8-9-14(11)18-15(19)20-16(2,3)4/h8-10,12,17H,5-7H2,1-4H3,(H,18,19). The Balaban J connectivity index is 1.96. The fourth-order valence-electron chi connectivity index (χ4n) is 2.10. The van der Waals surface area contributed by atoms with Crippen LogP contribution < -0.4 is 10.6 Å². The number of anilines is 2. The highest BCUT2D eigenvalue weighted by atomic mass is 16.6. The van der Waals surface area contributed by atoms with Crippen molar-refractivity contribution in [3.63, 3.8) is 0 Å². The molecule has 0 atom stereocenters. The van der Waals surface area contributed by atoms with Crippen molar-refractivity contribution < 1.29 is 9.53 Å². The van der Waals surface area contributed by atoms with Crippen LogP contribution in [0.1, 0.15) is 45.6 Å². The molecular formula is C16H24N2O2. The van der Waals surface area contributed by atoms with Crippen LogP contribution in [-0.2, 0) is 4.74 Å². The van der Waals surface area contributed by atoms with Gasteiger partial charge < -0.3 is 10.1 Å². The lowest BCUT2D eigenvalue weighted by atomic mass is 9.93. The first kappa shape index (κ1) is 14.7. The summed E-state index contributed by atoms with van der Waals surface area (Å²) in [4.78, 5) is 11.7. The molecule has 0 aromatic heterocycles. The summed E-state index contributed by atoms with van der Waals surface area (Å²) < 4.78 is 5.25. The second kappa shape index (κ2) is 5.73. The van der Waals surface area contributed by atoms with Crippen molar-refractivity contribution in [3.05, 3.63) is 23.8 Å². The van der Waals surface area contributed by atoms with E-state index < -0.39 is 11.7 Å². The molecule has 110 valence electrons. The Morgan fingerprint density at radius 1 is 1.30 bits per heavy atom. The van der Waals surface area contributed by atoms with Gasteiger partial charge in [0.05, 0.1) is 0 Å². The van der Waals surface area contributed by atoms with Gasteiger partial charge in [-0.1, -0.05) is 0 Å². The van der Waals surface area contributed by atoms with Gasteiger partial charge in [-0.2, -0.15) is 0 Å². The van der Waals surface area contributed by atoms with Gasteiger partial charge in [0.25, 0.3) is 0 Å². The van der Waals surface area contributed by atoms with Crippen molar-refractivity contribution in [2.75, 3.05) is 10.6 Å². The number of carbonyl (C=O) groups excluding carboxylic acids is 1. The van der Waals surface area contributed by atoms with Gasteiger partial charge in [-0.15, -0.1) is 0 Å². The Labute approximate surface area is 120 Å². The number of benzene rings is 1. The van der Waals surface area contributed by atoms with E-state index in [9.17, 15) is 4.79 Å². The zero-order valence-corrected chi connectivity index (χ0v) is 12.7. The second-order valence-corrected chi connectivity index (χ2v) is 6.43. The molecule has 1 saturated carbocycles. The van der Waals surface area contributed by atoms with Gasteiger partial charge in [-0.3, -0.25) is 5.32 Å². The van der Waals surface area contributed by atoms with Gasteiger partial charge >= 0.3 is 6.09 Å². The first-order valence-corrected chi connectivity index (χ1v) is 7.21. The Hall–Kier alpha value is -1.71. The molecule has 0 bridgehead atoms. The summed E-state index contributed by atoms with van der Waals surface area (Å²) in [6.07, 6.45) is 3.39. The molecular weight excluding hydrogens is 252 g/mol. The van der Waals surface area contributed by atoms with E-state index in [1.54, 1.807) is 0 Å². The van der Waals surface area contributed by atoms with Gasteiger partial charge in [0.2, 0.25) is 0 Å². The predicted octanol–water partition coefficient (Wildman–Crippen LogP) is 4.31. The molecule has 0 aliphatic heterocycles. The molecule has 1 aromatic carbocycles. The van der Waals surface area contributed by atoms with Gasteiger partial charge in [0, 0.05) is 17.4 Å². The number of carbonyl (C=O) groups is 1. The summed E-state index contributed by atoms with van der Waals surface area (Å²) in [5, 5.41) is 6.28. The van der Waals surface area contributed by atoms with Crippen LogP contribution in [0.15, 0.2) is 18.2 Å². The maximum atomic E-state index is 11.7. The molecule has 0 heterocycles. The highest BCUT2D eigenvalue weighted by Gasteiger charge is 2.18. The first-order chi connectivity index (χ1) is 9.33. The number of rotatable bonds is 3. The summed E-state index contributed by atoms with van der Waals surface area (Å²) in [5.41, 5.74) is 2.45. The van der Waals surface area contributed by atoms with Gasteiger partial charge in [0.15, 0.2) is 0 Å². The van der Waals surface area contributed by atoms with Crippen molar-refractivity contribution in [1.82, 2.24) is 0 Å². The lowest BCUT2D eigenvalue weighted by Gasteiger charge is -2.27. The lowest BCUT2D eigenvalue weighted by Crippen LogP contribution is -2.28. The SMILES string of the molecule is Cc1cc(NC2CCC2)ccc1NC(=O)OC(C)(C)C. The number of ether oxygens (including phenoxy) is 1. The Morgan fingerprint density at radius 3 is 2.50 bits per heavy atom. The fraction of sp³-hybridized carbons (Fsp3) is 0.562. The van der Waals surface area contributed by atoms with E-state index in [0.29, 0.717) is 6.04 Å². The molecule has 0 saturated heterocycles. The van der Waals surface area contributed by atoms with Crippen molar-refractivity contribution in [1.29, 1.82) is 0 Å². The van der Waals surface area contributed by atoms with Gasteiger partial charge in [-0.25, -0.2) is 4.79 Å². The predicted molar refractivity (Wildman–Crippen MR) is 82.3 cm³/mol. The Kier molecular flexibility index (Phi) is 4.21. The number of hydrogen-bond donors (Lipinski definition) is 2. The lowest BCUT2D eigenvalue weighted by molar-refractivity contribution is 0.0636. The molecule has 1 amide bonds. The molecule has 1 aliphatic rings. The number of hydrogen-bond acceptors (Lipinski definition) is 3. The van der Waals surface area contributed by atoms with E-state index in [1.807, 2.05) is 39.8 Å². The third-order valence-electron chi connectivity index (χ3n) is 3.34. The zero-order chi connectivity index (χ0) is 14.8. The van der Waals surface area contributed by atoms with E-state index in [2.05, 4.69) is 16.7 Å². The Morgan fingerprint density at radius 2 is 2.00 bits per heavy atom. The van der Waals surface area contributed by atoms with Crippen molar-refractivity contribution in [2.24, 2.45) is 0 Å². The minimum absolute atomic E-state index is 0.416. The zero-order valence-electron chi connectivity index (χ0n) is 12.7. The highest BCUT2D eigenvalue weighted by Crippen LogP contribution is 2.26. The monoisotopic (exact) mass is 276 g/mol. The second-order valence-electron chi connectivity index (χ2n) is 6.43. The van der Waals surface area contributed by atoms with Crippen LogP contribution in [0.3, 0.4) is 0 Å². The molecule has 4 nitrogen and oxygen atoms in total. The summed E-state index contributed by atoms with van der Waals surface area (Å²) in [7, 11) is 0. The van der Waals surface area contributed by atoms with Crippen LogP contribution in [-0.4, -0.2) is 17.7 Å². The van der Waals surface area contributed by atoms with E-state index in [1.165, 1.54) is 19.3 Å². The molecule has 2 rings (SSSR count). The topological polar surface area (TPSA) is 50.4 Å². The summed E-state index contributed by atoms with van der Waals surface area (Å²) >= 11 is 0. The van der Waals surface area contributed by atoms with Crippen LogP contribution in [0.5, 0.6) is 0 Å². The summed E-state index contributed by atoms with van der Waals surface area (Å²) in [6, 6.07) is 6.59. The minimum Gasteiger partial charge on any atom is -0.444 e. The van der Waals surface area contributed by atoms with Gasteiger partial charge in [0.1, 0.15) is 5.60 Å². The van der Waals surface area contributed by atoms with E-state index in [-0.39, 0.29) is 0 Å². The van der Waals surface area contributed by atoms with Crippen molar-refractivity contribution in [3.8, 4) is 0 Å². The number of amides is 1. The third kappa shape index (κ3) is 4.15. The van der Waals surface area contributed by atoms with Crippen LogP contribution in [0.4, 0.5) is 16.2 Å². The fourth-order valence-corrected chi connectivity index (χ4v) is 2.10. The average Bonchev–Trinajstić information content (AvgIpc) is 2.24. The molecule has 4 heteroatoms. The molecule has 1 fully saturated rings. The van der Waals surface area contributed by atoms with E-state index >= 15 is 0 Å². The van der Waals surface area contributed by atoms with Crippen LogP contribution in [0.2, 0.25) is 0 Å². The third-order valence-corrected chi connectivity index (χ3v) is 3.34. The van der Waals surface area contributed by atoms with Crippen molar-refractivity contribution >= 4 is 17.5 Å². The van der Waals surface area contributed by atoms with Crippen LogP contribution in [0, 0.1) is 6.92 Å². The Bertz CT molecular complexity index is 488. The van der Waals surface area contributed by atoms with Gasteiger partial charge in [-0.05, 0) is 70.7 Å². The largest absolute Gasteiger partial charge is 0.444 e. The summed E-state index contributed by atoms with van der Waals surface area (Å²) in [5.74, 6) is 0. The minimum atomic E-state index is -0.482. The maximum absolute atomic E-state index is 11.7. The average molecular weight is 276 g/mol. The quantitative estimate of drug-likeness (QED) is 0.865. The molecule has 1 aromatic rings. The van der Waals surface area contributed by atoms with E-state index in [4.69, 9.17) is 4.74 Å². The first-order valence-electron chi connectivity index (χ1n) is 7.21. The smallest absolute Gasteiger partial charge is 0.412 e. The normalized spacial score (nSPS) is 15.4. The van der Waals surface area contributed by atoms with Crippen LogP contribution >= 0.6 is 0 Å². The van der Waals surface area contributed by atoms with Crippen LogP contribution in [0.25, 0.3) is 0 Å². The molecule has 0 spiro atoms. The molecule has 0 unspecified atom stereocenters. The molecule has 0 radical (unpaired) electrons. The number of nitrogens with one attached hydrogen (secondary N) is 2. The molecule has 1 aliphatic carbocycles. The van der Waals surface area contributed by atoms with E-state index in [0.717, 1.165) is 16.9 Å². The summed E-state index contributed by atoms with van der Waals surface area (Å²) in [6.45, 7) is 7.54.